The second-order valence-electron chi connectivity index (χ2n) is 7.27. The molecule has 0 radical (unpaired) electrons. The smallest absolute Gasteiger partial charge is 0.230 e. The molecule has 1 aromatic heterocycles. The number of ether oxygens (including phenoxy) is 2. The van der Waals surface area contributed by atoms with Crippen LogP contribution in [0.15, 0.2) is 18.2 Å². The van der Waals surface area contributed by atoms with Gasteiger partial charge in [-0.2, -0.15) is 5.10 Å². The number of amides is 1. The van der Waals surface area contributed by atoms with Crippen LogP contribution in [-0.4, -0.2) is 46.8 Å². The summed E-state index contributed by atoms with van der Waals surface area (Å²) in [6, 6.07) is 6.01. The number of H-pyrrole nitrogens is 1. The maximum atomic E-state index is 13.5. The van der Waals surface area contributed by atoms with Crippen molar-refractivity contribution in [1.82, 2.24) is 20.1 Å². The van der Waals surface area contributed by atoms with Crippen molar-refractivity contribution in [2.24, 2.45) is 0 Å². The summed E-state index contributed by atoms with van der Waals surface area (Å²) >= 11 is 0. The Labute approximate surface area is 159 Å². The first-order valence-electron chi connectivity index (χ1n) is 9.58. The van der Waals surface area contributed by atoms with E-state index in [1.54, 1.807) is 14.2 Å². The highest BCUT2D eigenvalue weighted by atomic mass is 16.5. The zero-order valence-corrected chi connectivity index (χ0v) is 15.9. The Balaban J connectivity index is 1.58. The van der Waals surface area contributed by atoms with Gasteiger partial charge in [-0.1, -0.05) is 6.07 Å². The van der Waals surface area contributed by atoms with Crippen LogP contribution in [0.3, 0.4) is 0 Å². The average molecular weight is 370 g/mol. The van der Waals surface area contributed by atoms with E-state index in [0.717, 1.165) is 50.0 Å². The molecule has 0 bridgehead atoms. The molecule has 1 aromatic carbocycles. The molecular formula is C20H26N4O3. The van der Waals surface area contributed by atoms with Gasteiger partial charge in [0.1, 0.15) is 12.4 Å². The van der Waals surface area contributed by atoms with Crippen LogP contribution in [0.5, 0.6) is 5.75 Å². The molecule has 7 heteroatoms. The quantitative estimate of drug-likeness (QED) is 0.875. The highest BCUT2D eigenvalue weighted by Crippen LogP contribution is 2.39. The van der Waals surface area contributed by atoms with Crippen LogP contribution in [0.2, 0.25) is 0 Å². The van der Waals surface area contributed by atoms with Crippen molar-refractivity contribution >= 4 is 5.91 Å². The standard InChI is InChI=1S/C20H26N4O3/c1-26-12-18-21-19(23-22-18)17-5-3-4-10-24(17)20(25)15-9-7-13-6-8-14(27-2)11-16(13)15/h6,8,11,15,17H,3-5,7,9-10,12H2,1-2H3,(H,21,22,23). The Morgan fingerprint density at radius 3 is 3.00 bits per heavy atom. The molecule has 27 heavy (non-hydrogen) atoms. The molecule has 144 valence electrons. The minimum Gasteiger partial charge on any atom is -0.497 e. The largest absolute Gasteiger partial charge is 0.497 e. The molecule has 4 rings (SSSR count). The number of benzene rings is 1. The summed E-state index contributed by atoms with van der Waals surface area (Å²) in [5, 5.41) is 7.28. The molecule has 1 aliphatic heterocycles. The fourth-order valence-corrected chi connectivity index (χ4v) is 4.29. The van der Waals surface area contributed by atoms with Crippen LogP contribution in [0.25, 0.3) is 0 Å². The van der Waals surface area contributed by atoms with E-state index in [0.29, 0.717) is 18.3 Å². The van der Waals surface area contributed by atoms with Crippen molar-refractivity contribution < 1.29 is 14.3 Å². The van der Waals surface area contributed by atoms with E-state index < -0.39 is 0 Å². The third kappa shape index (κ3) is 3.43. The van der Waals surface area contributed by atoms with E-state index in [1.807, 2.05) is 17.0 Å². The third-order valence-electron chi connectivity index (χ3n) is 5.64. The van der Waals surface area contributed by atoms with Gasteiger partial charge in [0.15, 0.2) is 11.6 Å². The van der Waals surface area contributed by atoms with Crippen LogP contribution in [-0.2, 0) is 22.6 Å². The number of piperidine rings is 1. The van der Waals surface area contributed by atoms with Crippen LogP contribution < -0.4 is 4.74 Å². The van der Waals surface area contributed by atoms with Crippen molar-refractivity contribution in [1.29, 1.82) is 0 Å². The summed E-state index contributed by atoms with van der Waals surface area (Å²) in [7, 11) is 3.29. The van der Waals surface area contributed by atoms with Gasteiger partial charge in [0.2, 0.25) is 5.91 Å². The van der Waals surface area contributed by atoms with Gasteiger partial charge in [-0.15, -0.1) is 0 Å². The second-order valence-corrected chi connectivity index (χ2v) is 7.27. The number of methoxy groups -OCH3 is 2. The van der Waals surface area contributed by atoms with Gasteiger partial charge in [-0.25, -0.2) is 4.98 Å². The Morgan fingerprint density at radius 2 is 2.19 bits per heavy atom. The van der Waals surface area contributed by atoms with Crippen molar-refractivity contribution in [2.75, 3.05) is 20.8 Å². The van der Waals surface area contributed by atoms with E-state index in [1.165, 1.54) is 5.56 Å². The number of aryl methyl sites for hydroxylation is 1. The van der Waals surface area contributed by atoms with Crippen LogP contribution in [0, 0.1) is 0 Å². The Hall–Kier alpha value is -2.41. The number of carbonyl (C=O) groups excluding carboxylic acids is 1. The Kier molecular flexibility index (Phi) is 5.11. The molecule has 0 spiro atoms. The van der Waals surface area contributed by atoms with Gasteiger partial charge >= 0.3 is 0 Å². The van der Waals surface area contributed by atoms with Crippen molar-refractivity contribution in [2.45, 2.75) is 50.7 Å². The van der Waals surface area contributed by atoms with Crippen molar-refractivity contribution in [3.05, 3.63) is 41.0 Å². The number of nitrogens with zero attached hydrogens (tertiary/aromatic N) is 3. The predicted octanol–water partition coefficient (Wildman–Crippen LogP) is 2.74. The molecule has 2 aliphatic rings. The van der Waals surface area contributed by atoms with Crippen molar-refractivity contribution in [3.8, 4) is 5.75 Å². The van der Waals surface area contributed by atoms with Gasteiger partial charge in [-0.05, 0) is 55.4 Å². The van der Waals surface area contributed by atoms with E-state index in [9.17, 15) is 4.79 Å². The lowest BCUT2D eigenvalue weighted by Crippen LogP contribution is -2.41. The average Bonchev–Trinajstić information content (AvgIpc) is 3.34. The first-order chi connectivity index (χ1) is 13.2. The van der Waals surface area contributed by atoms with E-state index >= 15 is 0 Å². The molecule has 2 aromatic rings. The fraction of sp³-hybridized carbons (Fsp3) is 0.550. The third-order valence-corrected chi connectivity index (χ3v) is 5.64. The molecule has 1 fully saturated rings. The molecule has 1 amide bonds. The maximum Gasteiger partial charge on any atom is 0.230 e. The summed E-state index contributed by atoms with van der Waals surface area (Å²) in [4.78, 5) is 20.0. The fourth-order valence-electron chi connectivity index (χ4n) is 4.29. The van der Waals surface area contributed by atoms with E-state index in [-0.39, 0.29) is 17.9 Å². The van der Waals surface area contributed by atoms with Crippen LogP contribution >= 0.6 is 0 Å². The van der Waals surface area contributed by atoms with Gasteiger partial charge in [0.05, 0.1) is 19.1 Å². The topological polar surface area (TPSA) is 80.3 Å². The SMILES string of the molecule is COCc1nc(C2CCCCN2C(=O)C2CCc3ccc(OC)cc32)n[nH]1. The molecule has 2 heterocycles. The van der Waals surface area contributed by atoms with E-state index in [4.69, 9.17) is 9.47 Å². The molecule has 2 unspecified atom stereocenters. The Bertz CT molecular complexity index is 819. The lowest BCUT2D eigenvalue weighted by Gasteiger charge is -2.36. The van der Waals surface area contributed by atoms with Crippen LogP contribution in [0.1, 0.15) is 60.4 Å². The maximum absolute atomic E-state index is 13.5. The van der Waals surface area contributed by atoms with Gasteiger partial charge in [0.25, 0.3) is 0 Å². The number of likely N-dealkylation sites (tertiary alicyclic amines) is 1. The number of aromatic nitrogens is 3. The monoisotopic (exact) mass is 370 g/mol. The van der Waals surface area contributed by atoms with Crippen LogP contribution in [0.4, 0.5) is 0 Å². The molecule has 1 aliphatic carbocycles. The Morgan fingerprint density at radius 1 is 1.30 bits per heavy atom. The summed E-state index contributed by atoms with van der Waals surface area (Å²) in [5.41, 5.74) is 2.36. The predicted molar refractivity (Wildman–Crippen MR) is 99.5 cm³/mol. The summed E-state index contributed by atoms with van der Waals surface area (Å²) in [5.74, 6) is 2.28. The van der Waals surface area contributed by atoms with Gasteiger partial charge in [-0.3, -0.25) is 9.89 Å². The van der Waals surface area contributed by atoms with E-state index in [2.05, 4.69) is 21.2 Å². The molecule has 1 saturated heterocycles. The summed E-state index contributed by atoms with van der Waals surface area (Å²) in [6.45, 7) is 1.15. The minimum absolute atomic E-state index is 0.0669. The second kappa shape index (κ2) is 7.68. The zero-order valence-electron chi connectivity index (χ0n) is 15.9. The number of fused-ring (bicyclic) bond motifs is 1. The first-order valence-corrected chi connectivity index (χ1v) is 9.58. The number of carbonyl (C=O) groups is 1. The number of rotatable bonds is 5. The van der Waals surface area contributed by atoms with Crippen molar-refractivity contribution in [3.63, 3.8) is 0 Å². The zero-order chi connectivity index (χ0) is 18.8. The lowest BCUT2D eigenvalue weighted by atomic mass is 9.95. The summed E-state index contributed by atoms with van der Waals surface area (Å²) in [6.07, 6.45) is 4.79. The number of hydrogen-bond acceptors (Lipinski definition) is 5. The number of nitrogens with one attached hydrogen (secondary N) is 1. The highest BCUT2D eigenvalue weighted by molar-refractivity contribution is 5.85. The molecule has 1 N–H and O–H groups in total. The lowest BCUT2D eigenvalue weighted by molar-refractivity contribution is -0.137. The number of hydrogen-bond donors (Lipinski definition) is 1. The molecule has 7 nitrogen and oxygen atoms in total. The molecular weight excluding hydrogens is 344 g/mol. The normalized spacial score (nSPS) is 21.9. The summed E-state index contributed by atoms with van der Waals surface area (Å²) < 4.78 is 10.5. The minimum atomic E-state index is -0.104. The van der Waals surface area contributed by atoms with Gasteiger partial charge < -0.3 is 14.4 Å². The first kappa shape index (κ1) is 18.0. The molecule has 0 saturated carbocycles. The molecule has 2 atom stereocenters. The number of aromatic amines is 1. The van der Waals surface area contributed by atoms with Gasteiger partial charge in [0, 0.05) is 13.7 Å². The highest BCUT2D eigenvalue weighted by Gasteiger charge is 2.37.